The average Bonchev–Trinajstić information content (AvgIpc) is 2.62. The predicted molar refractivity (Wildman–Crippen MR) is 119 cm³/mol. The number of amides is 4. The molecule has 32 heavy (non-hydrogen) atoms. The second-order valence-electron chi connectivity index (χ2n) is 9.23. The summed E-state index contributed by atoms with van der Waals surface area (Å²) in [4.78, 5) is 60.8. The number of primary amides is 1. The average molecular weight is 458 g/mol. The van der Waals surface area contributed by atoms with Crippen LogP contribution in [0, 0.1) is 17.8 Å². The monoisotopic (exact) mass is 457 g/mol. The molecule has 184 valence electrons. The molecule has 0 radical (unpaired) electrons. The van der Waals surface area contributed by atoms with Gasteiger partial charge >= 0.3 is 5.97 Å². The number of rotatable bonds is 14. The van der Waals surface area contributed by atoms with Gasteiger partial charge in [-0.05, 0) is 30.6 Å². The number of carbonyl (C=O) groups is 5. The van der Waals surface area contributed by atoms with Gasteiger partial charge in [0.1, 0.15) is 18.1 Å². The molecule has 0 aromatic heterocycles. The summed E-state index contributed by atoms with van der Waals surface area (Å²) in [6.07, 6.45) is 0.109. The van der Waals surface area contributed by atoms with Gasteiger partial charge in [-0.1, -0.05) is 41.5 Å². The minimum Gasteiger partial charge on any atom is -0.480 e. The quantitative estimate of drug-likeness (QED) is 0.202. The minimum atomic E-state index is -1.32. The van der Waals surface area contributed by atoms with Crippen LogP contribution in [0.5, 0.6) is 0 Å². The lowest BCUT2D eigenvalue weighted by atomic mass is 9.99. The summed E-state index contributed by atoms with van der Waals surface area (Å²) in [5.74, 6) is -4.33. The zero-order chi connectivity index (χ0) is 25.2. The summed E-state index contributed by atoms with van der Waals surface area (Å²) >= 11 is 0. The molecule has 0 rings (SSSR count). The van der Waals surface area contributed by atoms with Gasteiger partial charge in [0, 0.05) is 0 Å². The topological polar surface area (TPSA) is 194 Å². The first kappa shape index (κ1) is 29.3. The molecule has 4 atom stereocenters. The van der Waals surface area contributed by atoms with E-state index in [2.05, 4.69) is 16.0 Å². The Hall–Kier alpha value is -2.69. The van der Waals surface area contributed by atoms with Gasteiger partial charge < -0.3 is 32.5 Å². The van der Waals surface area contributed by atoms with Crippen LogP contribution in [0.15, 0.2) is 0 Å². The van der Waals surface area contributed by atoms with E-state index in [1.807, 2.05) is 27.7 Å². The molecule has 0 spiro atoms. The maximum Gasteiger partial charge on any atom is 0.326 e. The van der Waals surface area contributed by atoms with Crippen LogP contribution in [0.2, 0.25) is 0 Å². The Morgan fingerprint density at radius 1 is 0.750 bits per heavy atom. The molecule has 4 amide bonds. The number of carboxylic acid groups (broad SMARTS) is 1. The summed E-state index contributed by atoms with van der Waals surface area (Å²) in [6.45, 7) is 10.8. The number of nitrogens with two attached hydrogens (primary N) is 2. The van der Waals surface area contributed by atoms with Crippen LogP contribution in [0.4, 0.5) is 0 Å². The van der Waals surface area contributed by atoms with Gasteiger partial charge in [0.2, 0.25) is 23.6 Å². The molecule has 0 saturated carbocycles. The lowest BCUT2D eigenvalue weighted by molar-refractivity contribution is -0.143. The highest BCUT2D eigenvalue weighted by atomic mass is 16.4. The fourth-order valence-corrected chi connectivity index (χ4v) is 3.05. The van der Waals surface area contributed by atoms with E-state index >= 15 is 0 Å². The Morgan fingerprint density at radius 3 is 1.66 bits per heavy atom. The smallest absolute Gasteiger partial charge is 0.326 e. The van der Waals surface area contributed by atoms with Crippen LogP contribution in [-0.2, 0) is 24.0 Å². The third-order valence-electron chi connectivity index (χ3n) is 4.67. The highest BCUT2D eigenvalue weighted by Crippen LogP contribution is 2.09. The van der Waals surface area contributed by atoms with Crippen LogP contribution in [-0.4, -0.2) is 58.9 Å². The number of hydrogen-bond acceptors (Lipinski definition) is 6. The zero-order valence-electron chi connectivity index (χ0n) is 19.8. The van der Waals surface area contributed by atoms with Crippen molar-refractivity contribution in [1.29, 1.82) is 0 Å². The van der Waals surface area contributed by atoms with Gasteiger partial charge in [0.25, 0.3) is 0 Å². The molecule has 0 unspecified atom stereocenters. The number of aliphatic carboxylic acids is 1. The van der Waals surface area contributed by atoms with Crippen molar-refractivity contribution < 1.29 is 29.1 Å². The Labute approximate surface area is 189 Å². The van der Waals surface area contributed by atoms with E-state index in [4.69, 9.17) is 11.5 Å². The molecule has 11 heteroatoms. The van der Waals surface area contributed by atoms with E-state index in [0.717, 1.165) is 0 Å². The summed E-state index contributed by atoms with van der Waals surface area (Å²) < 4.78 is 0. The largest absolute Gasteiger partial charge is 0.480 e. The first-order valence-electron chi connectivity index (χ1n) is 10.8. The molecule has 0 aliphatic heterocycles. The predicted octanol–water partition coefficient (Wildman–Crippen LogP) is -0.524. The van der Waals surface area contributed by atoms with Gasteiger partial charge in [-0.3, -0.25) is 19.2 Å². The third kappa shape index (κ3) is 11.1. The van der Waals surface area contributed by atoms with E-state index in [1.54, 1.807) is 13.8 Å². The van der Waals surface area contributed by atoms with Crippen molar-refractivity contribution in [3.05, 3.63) is 0 Å². The number of hydrogen-bond donors (Lipinski definition) is 6. The van der Waals surface area contributed by atoms with E-state index < -0.39 is 66.1 Å². The van der Waals surface area contributed by atoms with Crippen molar-refractivity contribution in [2.45, 2.75) is 85.0 Å². The Morgan fingerprint density at radius 2 is 1.25 bits per heavy atom. The van der Waals surface area contributed by atoms with Crippen LogP contribution >= 0.6 is 0 Å². The van der Waals surface area contributed by atoms with Gasteiger partial charge in [-0.2, -0.15) is 0 Å². The van der Waals surface area contributed by atoms with E-state index in [1.165, 1.54) is 0 Å². The van der Waals surface area contributed by atoms with Crippen molar-refractivity contribution in [2.24, 2.45) is 29.2 Å². The van der Waals surface area contributed by atoms with Crippen LogP contribution in [0.1, 0.15) is 60.8 Å². The van der Waals surface area contributed by atoms with Gasteiger partial charge in [0.15, 0.2) is 0 Å². The lowest BCUT2D eigenvalue weighted by Crippen LogP contribution is -2.59. The van der Waals surface area contributed by atoms with E-state index in [-0.39, 0.29) is 18.3 Å². The van der Waals surface area contributed by atoms with Crippen molar-refractivity contribution in [3.63, 3.8) is 0 Å². The normalized spacial score (nSPS) is 15.1. The van der Waals surface area contributed by atoms with Crippen LogP contribution in [0.25, 0.3) is 0 Å². The summed E-state index contributed by atoms with van der Waals surface area (Å²) in [7, 11) is 0. The molecule has 0 fully saturated rings. The summed E-state index contributed by atoms with van der Waals surface area (Å²) in [5, 5.41) is 16.7. The highest BCUT2D eigenvalue weighted by molar-refractivity contribution is 5.96. The standard InChI is InChI=1S/C21H39N5O6/c1-10(2)7-13(22)18(28)24-14(9-16(23)27)19(29)26-17(12(5)6)20(30)25-15(21(31)32)8-11(3)4/h10-15,17H,7-9,22H2,1-6H3,(H2,23,27)(H,24,28)(H,25,30)(H,26,29)(H,31,32)/t13-,14-,15-,17-/m0/s1. The third-order valence-corrected chi connectivity index (χ3v) is 4.67. The maximum atomic E-state index is 12.8. The molecule has 0 bridgehead atoms. The van der Waals surface area contributed by atoms with Crippen molar-refractivity contribution >= 4 is 29.6 Å². The molecule has 0 aliphatic rings. The highest BCUT2D eigenvalue weighted by Gasteiger charge is 2.32. The molecule has 0 aliphatic carbocycles. The number of carboxylic acids is 1. The lowest BCUT2D eigenvalue weighted by Gasteiger charge is -2.27. The Balaban J connectivity index is 5.43. The van der Waals surface area contributed by atoms with Gasteiger partial charge in [-0.25, -0.2) is 4.79 Å². The summed E-state index contributed by atoms with van der Waals surface area (Å²) in [6, 6.07) is -4.41. The fraction of sp³-hybridized carbons (Fsp3) is 0.762. The second-order valence-corrected chi connectivity index (χ2v) is 9.23. The molecule has 0 saturated heterocycles. The molecule has 0 aromatic rings. The Bertz CT molecular complexity index is 680. The number of nitrogens with one attached hydrogen (secondary N) is 3. The van der Waals surface area contributed by atoms with E-state index in [9.17, 15) is 29.1 Å². The minimum absolute atomic E-state index is 0.0219. The van der Waals surface area contributed by atoms with Gasteiger partial charge in [0.05, 0.1) is 12.5 Å². The summed E-state index contributed by atoms with van der Waals surface area (Å²) in [5.41, 5.74) is 11.1. The number of carbonyl (C=O) groups excluding carboxylic acids is 4. The van der Waals surface area contributed by atoms with Gasteiger partial charge in [-0.15, -0.1) is 0 Å². The van der Waals surface area contributed by atoms with E-state index in [0.29, 0.717) is 6.42 Å². The molecule has 11 nitrogen and oxygen atoms in total. The van der Waals surface area contributed by atoms with Crippen LogP contribution < -0.4 is 27.4 Å². The zero-order valence-corrected chi connectivity index (χ0v) is 19.8. The second kappa shape index (κ2) is 13.7. The molecule has 0 aromatic carbocycles. The van der Waals surface area contributed by atoms with Crippen molar-refractivity contribution in [2.75, 3.05) is 0 Å². The van der Waals surface area contributed by atoms with Crippen LogP contribution in [0.3, 0.4) is 0 Å². The fourth-order valence-electron chi connectivity index (χ4n) is 3.05. The maximum absolute atomic E-state index is 12.8. The van der Waals surface area contributed by atoms with Crippen molar-refractivity contribution in [1.82, 2.24) is 16.0 Å². The molecular weight excluding hydrogens is 418 g/mol. The first-order chi connectivity index (χ1) is 14.6. The van der Waals surface area contributed by atoms with Crippen molar-refractivity contribution in [3.8, 4) is 0 Å². The first-order valence-corrected chi connectivity index (χ1v) is 10.8. The molecule has 8 N–H and O–H groups in total. The Kier molecular flexibility index (Phi) is 12.5. The molecular formula is C21H39N5O6. The molecule has 0 heterocycles. The SMILES string of the molecule is CC(C)C[C@H](NC(=O)[C@@H](NC(=O)[C@H](CC(N)=O)NC(=O)[C@@H](N)CC(C)C)C(C)C)C(=O)O.